The summed E-state index contributed by atoms with van der Waals surface area (Å²) in [5.74, 6) is -4.13. The third kappa shape index (κ3) is 4.99. The number of urea groups is 1. The Bertz CT molecular complexity index is 808. The summed E-state index contributed by atoms with van der Waals surface area (Å²) in [5, 5.41) is 14.9. The highest BCUT2D eigenvalue weighted by molar-refractivity contribution is 6.30. The summed E-state index contributed by atoms with van der Waals surface area (Å²) >= 11 is 6.07. The van der Waals surface area contributed by atoms with Crippen molar-refractivity contribution < 1.29 is 32.7 Å². The number of likely N-dealkylation sites (tertiary alicyclic amines) is 1. The lowest BCUT2D eigenvalue weighted by Gasteiger charge is -2.44. The second kappa shape index (κ2) is 9.10. The number of halogens is 4. The SMILES string of the molecule is CC1NC=C(C[C@H]2C(=O)N(C(=O)N[C@@H](C3CCCCC3)C(F)(F)F)[C@@H]2C(=O)O)C=C1Cl. The van der Waals surface area contributed by atoms with Gasteiger partial charge in [0.15, 0.2) is 6.04 Å². The van der Waals surface area contributed by atoms with E-state index in [1.165, 1.54) is 0 Å². The molecular weight excluding hydrogens is 439 g/mol. The number of hydrogen-bond donors (Lipinski definition) is 3. The molecule has 1 saturated heterocycles. The van der Waals surface area contributed by atoms with Crippen molar-refractivity contribution >= 4 is 29.5 Å². The topological polar surface area (TPSA) is 98.7 Å². The van der Waals surface area contributed by atoms with Crippen molar-refractivity contribution in [2.45, 2.75) is 69.8 Å². The van der Waals surface area contributed by atoms with Crippen LogP contribution in [0.1, 0.15) is 45.4 Å². The monoisotopic (exact) mass is 463 g/mol. The minimum absolute atomic E-state index is 0.000838. The summed E-state index contributed by atoms with van der Waals surface area (Å²) in [6.45, 7) is 1.82. The quantitative estimate of drug-likeness (QED) is 0.542. The van der Waals surface area contributed by atoms with Crippen molar-refractivity contribution in [2.24, 2.45) is 11.8 Å². The number of rotatable bonds is 5. The van der Waals surface area contributed by atoms with Crippen LogP contribution in [0.4, 0.5) is 18.0 Å². The molecule has 0 aromatic carbocycles. The average Bonchev–Trinajstić information content (AvgIpc) is 2.70. The zero-order valence-corrected chi connectivity index (χ0v) is 17.7. The smallest absolute Gasteiger partial charge is 0.408 e. The Balaban J connectivity index is 1.72. The molecule has 2 fully saturated rings. The van der Waals surface area contributed by atoms with Crippen LogP contribution in [0.5, 0.6) is 0 Å². The fourth-order valence-electron chi connectivity index (χ4n) is 4.42. The normalized spacial score (nSPS) is 28.1. The predicted octanol–water partition coefficient (Wildman–Crippen LogP) is 3.51. The lowest BCUT2D eigenvalue weighted by atomic mass is 9.81. The van der Waals surface area contributed by atoms with Crippen molar-refractivity contribution in [3.05, 3.63) is 22.9 Å². The summed E-state index contributed by atoms with van der Waals surface area (Å²) < 4.78 is 40.8. The number of aliphatic carboxylic acids is 1. The van der Waals surface area contributed by atoms with E-state index in [1.807, 2.05) is 12.2 Å². The van der Waals surface area contributed by atoms with Gasteiger partial charge in [-0.2, -0.15) is 13.2 Å². The molecule has 11 heteroatoms. The second-order valence-electron chi connectivity index (χ2n) is 8.31. The number of allylic oxidation sites excluding steroid dienone is 2. The van der Waals surface area contributed by atoms with E-state index in [0.717, 1.165) is 6.42 Å². The van der Waals surface area contributed by atoms with Crippen LogP contribution in [-0.4, -0.2) is 52.2 Å². The second-order valence-corrected chi connectivity index (χ2v) is 8.74. The molecule has 7 nitrogen and oxygen atoms in total. The first-order valence-corrected chi connectivity index (χ1v) is 10.6. The maximum Gasteiger partial charge on any atom is 0.408 e. The highest BCUT2D eigenvalue weighted by Crippen LogP contribution is 2.37. The number of hydrogen-bond acceptors (Lipinski definition) is 4. The zero-order valence-electron chi connectivity index (χ0n) is 16.9. The molecule has 3 aliphatic rings. The average molecular weight is 464 g/mol. The molecule has 4 atom stereocenters. The number of imide groups is 1. The summed E-state index contributed by atoms with van der Waals surface area (Å²) in [6, 6.07) is -5.10. The molecule has 0 bridgehead atoms. The largest absolute Gasteiger partial charge is 0.480 e. The molecule has 31 heavy (non-hydrogen) atoms. The molecule has 0 spiro atoms. The van der Waals surface area contributed by atoms with Crippen LogP contribution < -0.4 is 10.6 Å². The molecule has 1 unspecified atom stereocenters. The maximum atomic E-state index is 13.6. The Labute approximate surface area is 182 Å². The lowest BCUT2D eigenvalue weighted by molar-refractivity contribution is -0.172. The Hall–Kier alpha value is -2.23. The van der Waals surface area contributed by atoms with Gasteiger partial charge in [-0.25, -0.2) is 14.5 Å². The Morgan fingerprint density at radius 1 is 1.32 bits per heavy atom. The highest BCUT2D eigenvalue weighted by atomic mass is 35.5. The van der Waals surface area contributed by atoms with Crippen molar-refractivity contribution in [3.63, 3.8) is 0 Å². The number of nitrogens with one attached hydrogen (secondary N) is 2. The van der Waals surface area contributed by atoms with E-state index in [4.69, 9.17) is 11.6 Å². The maximum absolute atomic E-state index is 13.6. The molecule has 1 aliphatic carbocycles. The number of dihydropyridines is 1. The number of nitrogens with zero attached hydrogens (tertiary/aromatic N) is 1. The van der Waals surface area contributed by atoms with Crippen LogP contribution in [0.2, 0.25) is 0 Å². The molecule has 1 saturated carbocycles. The van der Waals surface area contributed by atoms with E-state index < -0.39 is 48.0 Å². The summed E-state index contributed by atoms with van der Waals surface area (Å²) in [6.07, 6.45) is 1.26. The van der Waals surface area contributed by atoms with Crippen molar-refractivity contribution in [1.29, 1.82) is 0 Å². The molecule has 2 heterocycles. The molecule has 3 amide bonds. The van der Waals surface area contributed by atoms with Crippen LogP contribution >= 0.6 is 11.6 Å². The first-order valence-electron chi connectivity index (χ1n) is 10.3. The first-order chi connectivity index (χ1) is 14.5. The summed E-state index contributed by atoms with van der Waals surface area (Å²) in [4.78, 5) is 37.2. The third-order valence-corrected chi connectivity index (χ3v) is 6.59. The molecular formula is C20H25ClF3N3O4. The molecule has 3 N–H and O–H groups in total. The van der Waals surface area contributed by atoms with Crippen LogP contribution in [0.25, 0.3) is 0 Å². The van der Waals surface area contributed by atoms with Crippen molar-refractivity contribution in [1.82, 2.24) is 15.5 Å². The van der Waals surface area contributed by atoms with Gasteiger partial charge >= 0.3 is 18.2 Å². The molecule has 172 valence electrons. The molecule has 0 aromatic heterocycles. The van der Waals surface area contributed by atoms with Crippen molar-refractivity contribution in [3.8, 4) is 0 Å². The van der Waals surface area contributed by atoms with Crippen LogP contribution in [0, 0.1) is 11.8 Å². The van der Waals surface area contributed by atoms with Gasteiger partial charge in [-0.3, -0.25) is 4.79 Å². The zero-order chi connectivity index (χ0) is 22.9. The number of carboxylic acid groups (broad SMARTS) is 1. The van der Waals surface area contributed by atoms with Crippen molar-refractivity contribution in [2.75, 3.05) is 0 Å². The number of β-lactam (4-membered cyclic amide) rings is 1. The van der Waals surface area contributed by atoms with Gasteiger partial charge in [-0.15, -0.1) is 0 Å². The van der Waals surface area contributed by atoms with E-state index in [1.54, 1.807) is 12.3 Å². The lowest BCUT2D eigenvalue weighted by Crippen LogP contribution is -2.69. The predicted molar refractivity (Wildman–Crippen MR) is 106 cm³/mol. The van der Waals surface area contributed by atoms with E-state index in [0.29, 0.717) is 41.2 Å². The van der Waals surface area contributed by atoms with Gasteiger partial charge in [-0.05, 0) is 43.8 Å². The number of amides is 3. The minimum Gasteiger partial charge on any atom is -0.480 e. The Kier molecular flexibility index (Phi) is 6.88. The van der Waals surface area contributed by atoms with Gasteiger partial charge in [0.25, 0.3) is 0 Å². The Morgan fingerprint density at radius 3 is 2.52 bits per heavy atom. The fraction of sp³-hybridized carbons (Fsp3) is 0.650. The van der Waals surface area contributed by atoms with E-state index in [2.05, 4.69) is 5.32 Å². The molecule has 3 rings (SSSR count). The van der Waals surface area contributed by atoms with Gasteiger partial charge in [0, 0.05) is 11.2 Å². The Morgan fingerprint density at radius 2 is 1.97 bits per heavy atom. The van der Waals surface area contributed by atoms with E-state index in [9.17, 15) is 32.7 Å². The third-order valence-electron chi connectivity index (χ3n) is 6.15. The molecule has 0 aromatic rings. The standard InChI is InChI=1S/C20H25ClF3N3O4/c1-10-14(21)8-11(9-25-10)7-13-15(18(29)30)27(17(13)28)19(31)26-16(20(22,23)24)12-5-3-2-4-6-12/h8-10,12-13,15-16,25H,2-7H2,1H3,(H,26,31)(H,29,30)/t10?,13-,15+,16+/m1/s1. The first kappa shape index (κ1) is 23.4. The minimum atomic E-state index is -4.69. The van der Waals surface area contributed by atoms with Gasteiger partial charge in [0.05, 0.1) is 12.0 Å². The van der Waals surface area contributed by atoms with Crippen LogP contribution in [0.15, 0.2) is 22.9 Å². The van der Waals surface area contributed by atoms with Crippen LogP contribution in [-0.2, 0) is 9.59 Å². The van der Waals surface area contributed by atoms with E-state index >= 15 is 0 Å². The van der Waals surface area contributed by atoms with Crippen LogP contribution in [0.3, 0.4) is 0 Å². The highest BCUT2D eigenvalue weighted by Gasteiger charge is 2.56. The number of carbonyl (C=O) groups is 3. The van der Waals surface area contributed by atoms with Gasteiger partial charge in [0.1, 0.15) is 6.04 Å². The van der Waals surface area contributed by atoms with E-state index in [-0.39, 0.29) is 12.5 Å². The molecule has 2 aliphatic heterocycles. The van der Waals surface area contributed by atoms with Gasteiger partial charge in [-0.1, -0.05) is 30.9 Å². The summed E-state index contributed by atoms with van der Waals surface area (Å²) in [5.41, 5.74) is 0.572. The number of carboxylic acids is 1. The fourth-order valence-corrected chi connectivity index (χ4v) is 4.62. The summed E-state index contributed by atoms with van der Waals surface area (Å²) in [7, 11) is 0. The molecule has 0 radical (unpaired) electrons. The van der Waals surface area contributed by atoms with Gasteiger partial charge < -0.3 is 15.7 Å². The van der Waals surface area contributed by atoms with Gasteiger partial charge in [0.2, 0.25) is 5.91 Å². The number of alkyl halides is 3. The number of carbonyl (C=O) groups excluding carboxylic acids is 2.